The zero-order valence-electron chi connectivity index (χ0n) is 30.7. The number of alkyl carbamates (subject to hydrolysis) is 1. The van der Waals surface area contributed by atoms with Crippen LogP contribution in [0.25, 0.3) is 0 Å². The third-order valence-electron chi connectivity index (χ3n) is 9.41. The molecule has 0 aromatic heterocycles. The number of amides is 3. The van der Waals surface area contributed by atoms with Crippen molar-refractivity contribution >= 4 is 33.8 Å². The quantitative estimate of drug-likeness (QED) is 0.162. The van der Waals surface area contributed by atoms with Gasteiger partial charge in [0.2, 0.25) is 5.91 Å². The van der Waals surface area contributed by atoms with E-state index in [1.807, 2.05) is 44.2 Å². The first-order chi connectivity index (χ1) is 25.9. The second-order valence-corrected chi connectivity index (χ2v) is 15.9. The first-order valence-corrected chi connectivity index (χ1v) is 19.9. The van der Waals surface area contributed by atoms with Crippen molar-refractivity contribution in [1.82, 2.24) is 15.1 Å². The molecule has 17 heteroatoms. The largest absolute Gasteiger partial charge is 0.449 e. The van der Waals surface area contributed by atoms with Crippen molar-refractivity contribution in [2.45, 2.75) is 87.9 Å². The van der Waals surface area contributed by atoms with Crippen molar-refractivity contribution in [3.05, 3.63) is 60.2 Å². The van der Waals surface area contributed by atoms with Crippen molar-refractivity contribution < 1.29 is 56.8 Å². The predicted octanol–water partition coefficient (Wildman–Crippen LogP) is 2.72. The molecule has 5 atom stereocenters. The standard InChI is InChI=1S/C37H52N4O12S/c1-25(2)23-51-37(46)40(22-34(44)38-16-17-42)27-11-8-14-29(20-27)54(47,48)41(53-28-12-6-7-13-28)21-32(43)31(19-26-9-4-3-5-10-26)39-36(45)52-33-24-50-35-30(33)15-18-49-35/h3-5,8-11,14,20,25,28,30-33,35,42-43H,6-7,12-13,15-19,21-24H2,1-2H3,(H,38,44)(H,39,45)/t30-,31-,32+,33-,35+/m0/s1. The summed E-state index contributed by atoms with van der Waals surface area (Å²) < 4.78 is 51.8. The first-order valence-electron chi connectivity index (χ1n) is 18.5. The van der Waals surface area contributed by atoms with Gasteiger partial charge in [-0.15, -0.1) is 0 Å². The van der Waals surface area contributed by atoms with Crippen LogP contribution in [-0.4, -0.2) is 118 Å². The Hall–Kier alpha value is -3.84. The van der Waals surface area contributed by atoms with Crippen LogP contribution in [-0.2, 0) is 45.0 Å². The second kappa shape index (κ2) is 19.7. The molecule has 5 rings (SSSR count). The van der Waals surface area contributed by atoms with E-state index in [9.17, 15) is 27.9 Å². The number of aliphatic hydroxyl groups excluding tert-OH is 2. The van der Waals surface area contributed by atoms with E-state index in [0.29, 0.717) is 25.9 Å². The summed E-state index contributed by atoms with van der Waals surface area (Å²) in [5.41, 5.74) is 0.837. The summed E-state index contributed by atoms with van der Waals surface area (Å²) in [6, 6.07) is 13.6. The summed E-state index contributed by atoms with van der Waals surface area (Å²) in [5, 5.41) is 26.1. The highest BCUT2D eigenvalue weighted by Gasteiger charge is 2.44. The Kier molecular flexibility index (Phi) is 15.0. The molecule has 0 bridgehead atoms. The van der Waals surface area contributed by atoms with Crippen LogP contribution in [0.4, 0.5) is 15.3 Å². The number of nitrogens with zero attached hydrogens (tertiary/aromatic N) is 2. The molecule has 4 N–H and O–H groups in total. The lowest BCUT2D eigenvalue weighted by molar-refractivity contribution is -0.145. The van der Waals surface area contributed by atoms with Gasteiger partial charge in [-0.3, -0.25) is 14.5 Å². The van der Waals surface area contributed by atoms with Gasteiger partial charge in [-0.2, -0.15) is 0 Å². The third kappa shape index (κ3) is 11.3. The molecule has 298 valence electrons. The summed E-state index contributed by atoms with van der Waals surface area (Å²) in [4.78, 5) is 46.0. The van der Waals surface area contributed by atoms with Crippen LogP contribution in [0.15, 0.2) is 59.5 Å². The molecule has 2 heterocycles. The second-order valence-electron chi connectivity index (χ2n) is 14.1. The van der Waals surface area contributed by atoms with Crippen molar-refractivity contribution in [2.75, 3.05) is 51.0 Å². The lowest BCUT2D eigenvalue weighted by atomic mass is 10.0. The molecule has 3 fully saturated rings. The van der Waals surface area contributed by atoms with Crippen molar-refractivity contribution in [3.63, 3.8) is 0 Å². The van der Waals surface area contributed by atoms with Crippen molar-refractivity contribution in [3.8, 4) is 0 Å². The number of hydrogen-bond acceptors (Lipinski definition) is 12. The Morgan fingerprint density at radius 2 is 1.78 bits per heavy atom. The molecule has 2 aromatic carbocycles. The van der Waals surface area contributed by atoms with Crippen LogP contribution >= 0.6 is 0 Å². The Bertz CT molecular complexity index is 1640. The maximum atomic E-state index is 14.4. The molecule has 3 aliphatic rings. The highest BCUT2D eigenvalue weighted by Crippen LogP contribution is 2.33. The number of ether oxygens (including phenoxy) is 4. The third-order valence-corrected chi connectivity index (χ3v) is 11.0. The summed E-state index contributed by atoms with van der Waals surface area (Å²) in [6.45, 7) is 3.01. The van der Waals surface area contributed by atoms with E-state index >= 15 is 0 Å². The number of anilines is 1. The molecule has 2 aromatic rings. The highest BCUT2D eigenvalue weighted by atomic mass is 32.2. The maximum Gasteiger partial charge on any atom is 0.414 e. The number of sulfonamides is 1. The maximum absolute atomic E-state index is 14.4. The lowest BCUT2D eigenvalue weighted by Crippen LogP contribution is -2.51. The van der Waals surface area contributed by atoms with Crippen LogP contribution in [0.2, 0.25) is 0 Å². The molecule has 1 saturated carbocycles. The van der Waals surface area contributed by atoms with Crippen LogP contribution in [0, 0.1) is 11.8 Å². The monoisotopic (exact) mass is 776 g/mol. The van der Waals surface area contributed by atoms with E-state index < -0.39 is 71.9 Å². The number of rotatable bonds is 18. The Labute approximate surface area is 316 Å². The highest BCUT2D eigenvalue weighted by molar-refractivity contribution is 7.89. The zero-order valence-corrected chi connectivity index (χ0v) is 31.5. The minimum atomic E-state index is -4.53. The smallest absolute Gasteiger partial charge is 0.414 e. The fourth-order valence-corrected chi connectivity index (χ4v) is 7.90. The molecule has 16 nitrogen and oxygen atoms in total. The van der Waals surface area contributed by atoms with Gasteiger partial charge in [-0.1, -0.05) is 67.6 Å². The SMILES string of the molecule is CC(C)COC(=O)N(CC(=O)NCCO)c1cccc(S(=O)(=O)N(C[C@@H](O)[C@H](Cc2ccccc2)NC(=O)O[C@H]2CO[C@H]3OCC[C@H]32)OC2CCCC2)c1. The number of hydroxylamine groups is 1. The first kappa shape index (κ1) is 41.3. The van der Waals surface area contributed by atoms with Crippen LogP contribution in [0.1, 0.15) is 51.5 Å². The van der Waals surface area contributed by atoms with Crippen molar-refractivity contribution in [1.29, 1.82) is 0 Å². The molecular formula is C37H52N4O12S. The Morgan fingerprint density at radius 1 is 1.02 bits per heavy atom. The molecule has 0 radical (unpaired) electrons. The van der Waals surface area contributed by atoms with E-state index in [1.54, 1.807) is 0 Å². The molecule has 2 aliphatic heterocycles. The Morgan fingerprint density at radius 3 is 2.50 bits per heavy atom. The van der Waals surface area contributed by atoms with Crippen LogP contribution < -0.4 is 15.5 Å². The molecule has 0 unspecified atom stereocenters. The average molecular weight is 777 g/mol. The van der Waals surface area contributed by atoms with Gasteiger partial charge < -0.3 is 39.8 Å². The minimum absolute atomic E-state index is 0.00788. The van der Waals surface area contributed by atoms with Crippen LogP contribution in [0.3, 0.4) is 0 Å². The van der Waals surface area contributed by atoms with Gasteiger partial charge in [0.25, 0.3) is 10.0 Å². The molecule has 2 saturated heterocycles. The summed E-state index contributed by atoms with van der Waals surface area (Å²) in [6.07, 6.45) is -0.832. The number of benzene rings is 2. The van der Waals surface area contributed by atoms with E-state index in [0.717, 1.165) is 27.8 Å². The van der Waals surface area contributed by atoms with Crippen LogP contribution in [0.5, 0.6) is 0 Å². The molecule has 1 aliphatic carbocycles. The summed E-state index contributed by atoms with van der Waals surface area (Å²) in [7, 11) is -4.53. The number of fused-ring (bicyclic) bond motifs is 1. The molecular weight excluding hydrogens is 724 g/mol. The van der Waals surface area contributed by atoms with Gasteiger partial charge in [-0.25, -0.2) is 18.0 Å². The van der Waals surface area contributed by atoms with E-state index in [-0.39, 0.29) is 55.2 Å². The molecule has 0 spiro atoms. The van der Waals surface area contributed by atoms with E-state index in [2.05, 4.69) is 10.6 Å². The van der Waals surface area contributed by atoms with Gasteiger partial charge in [-0.05, 0) is 55.4 Å². The topological polar surface area (TPSA) is 202 Å². The Balaban J connectivity index is 1.39. The lowest BCUT2D eigenvalue weighted by Gasteiger charge is -2.31. The number of aliphatic hydroxyl groups is 2. The minimum Gasteiger partial charge on any atom is -0.449 e. The van der Waals surface area contributed by atoms with Gasteiger partial charge in [0.1, 0.15) is 12.6 Å². The number of carbonyl (C=O) groups is 3. The number of hydrogen-bond donors (Lipinski definition) is 4. The van der Waals surface area contributed by atoms with Gasteiger partial charge in [0.15, 0.2) is 6.29 Å². The zero-order chi connectivity index (χ0) is 38.7. The molecule has 54 heavy (non-hydrogen) atoms. The summed E-state index contributed by atoms with van der Waals surface area (Å²) in [5.74, 6) is -0.709. The molecule has 3 amide bonds. The van der Waals surface area contributed by atoms with Gasteiger partial charge in [0.05, 0.1) is 62.0 Å². The number of nitrogens with one attached hydrogen (secondary N) is 2. The average Bonchev–Trinajstić information content (AvgIpc) is 3.93. The van der Waals surface area contributed by atoms with Crippen molar-refractivity contribution in [2.24, 2.45) is 11.8 Å². The van der Waals surface area contributed by atoms with Gasteiger partial charge in [0, 0.05) is 12.2 Å². The van der Waals surface area contributed by atoms with E-state index in [4.69, 9.17) is 28.9 Å². The normalized spacial score (nSPS) is 21.1. The summed E-state index contributed by atoms with van der Waals surface area (Å²) >= 11 is 0. The van der Waals surface area contributed by atoms with Gasteiger partial charge >= 0.3 is 12.2 Å². The fourth-order valence-electron chi connectivity index (χ4n) is 6.56. The predicted molar refractivity (Wildman–Crippen MR) is 194 cm³/mol. The van der Waals surface area contributed by atoms with E-state index in [1.165, 1.54) is 24.3 Å². The number of carbonyl (C=O) groups excluding carboxylic acids is 3. The fraction of sp³-hybridized carbons (Fsp3) is 0.595.